The lowest BCUT2D eigenvalue weighted by atomic mass is 10.1. The molecule has 0 aliphatic rings. The van der Waals surface area contributed by atoms with Crippen LogP contribution in [0.2, 0.25) is 0 Å². The average molecular weight is 142 g/mol. The molecule has 0 rings (SSSR count). The maximum absolute atomic E-state index is 10.6. The van der Waals surface area contributed by atoms with Crippen molar-refractivity contribution >= 4 is 5.91 Å². The van der Waals surface area contributed by atoms with Gasteiger partial charge in [-0.1, -0.05) is 6.58 Å². The van der Waals surface area contributed by atoms with E-state index in [1.165, 1.54) is 6.08 Å². The lowest BCUT2D eigenvalue weighted by molar-refractivity contribution is -0.117. The topological polar surface area (TPSA) is 41.1 Å². The van der Waals surface area contributed by atoms with E-state index in [9.17, 15) is 4.79 Å². The quantitative estimate of drug-likeness (QED) is 0.437. The molecule has 0 radical (unpaired) electrons. The number of hydrazine groups is 1. The first-order valence-corrected chi connectivity index (χ1v) is 3.15. The molecule has 2 N–H and O–H groups in total. The predicted octanol–water partition coefficient (Wildman–Crippen LogP) is 0.592. The maximum Gasteiger partial charge on any atom is 0.257 e. The van der Waals surface area contributed by atoms with E-state index in [1.54, 1.807) is 0 Å². The summed E-state index contributed by atoms with van der Waals surface area (Å²) < 4.78 is 0. The van der Waals surface area contributed by atoms with E-state index in [2.05, 4.69) is 17.4 Å². The van der Waals surface area contributed by atoms with Gasteiger partial charge in [0.1, 0.15) is 0 Å². The molecule has 10 heavy (non-hydrogen) atoms. The van der Waals surface area contributed by atoms with Crippen LogP contribution < -0.4 is 10.9 Å². The molecule has 58 valence electrons. The number of rotatable bonds is 2. The summed E-state index contributed by atoms with van der Waals surface area (Å²) in [5.41, 5.74) is 5.17. The maximum atomic E-state index is 10.6. The van der Waals surface area contributed by atoms with E-state index in [1.807, 2.05) is 20.8 Å². The predicted molar refractivity (Wildman–Crippen MR) is 41.2 cm³/mol. The molecule has 0 fully saturated rings. The Kier molecular flexibility index (Phi) is 3.09. The van der Waals surface area contributed by atoms with Crippen LogP contribution in [0.3, 0.4) is 0 Å². The monoisotopic (exact) mass is 142 g/mol. The number of nitrogens with one attached hydrogen (secondary N) is 2. The van der Waals surface area contributed by atoms with Gasteiger partial charge in [0.25, 0.3) is 5.91 Å². The average Bonchev–Trinajstić information content (AvgIpc) is 1.81. The zero-order valence-electron chi connectivity index (χ0n) is 6.69. The summed E-state index contributed by atoms with van der Waals surface area (Å²) in [6, 6.07) is 0. The zero-order chi connectivity index (χ0) is 8.20. The van der Waals surface area contributed by atoms with Gasteiger partial charge < -0.3 is 0 Å². The van der Waals surface area contributed by atoms with Crippen molar-refractivity contribution < 1.29 is 4.79 Å². The van der Waals surface area contributed by atoms with Crippen molar-refractivity contribution in [3.63, 3.8) is 0 Å². The zero-order valence-corrected chi connectivity index (χ0v) is 6.69. The highest BCUT2D eigenvalue weighted by Crippen LogP contribution is 1.94. The minimum atomic E-state index is -0.213. The molecule has 0 spiro atoms. The fourth-order valence-corrected chi connectivity index (χ4v) is 0.300. The first kappa shape index (κ1) is 9.17. The molecule has 0 bridgehead atoms. The fourth-order valence-electron chi connectivity index (χ4n) is 0.300. The molecule has 0 saturated heterocycles. The molecule has 0 atom stereocenters. The van der Waals surface area contributed by atoms with Gasteiger partial charge in [-0.25, -0.2) is 5.43 Å². The molecule has 0 aliphatic heterocycles. The third kappa shape index (κ3) is 5.31. The molecule has 0 saturated carbocycles. The molecule has 0 aromatic carbocycles. The van der Waals surface area contributed by atoms with Crippen LogP contribution in [0.15, 0.2) is 12.7 Å². The van der Waals surface area contributed by atoms with Gasteiger partial charge in [0.05, 0.1) is 0 Å². The summed E-state index contributed by atoms with van der Waals surface area (Å²) in [7, 11) is 0. The molecular weight excluding hydrogens is 128 g/mol. The van der Waals surface area contributed by atoms with Crippen LogP contribution in [0, 0.1) is 0 Å². The first-order chi connectivity index (χ1) is 4.45. The van der Waals surface area contributed by atoms with Crippen LogP contribution >= 0.6 is 0 Å². The van der Waals surface area contributed by atoms with Crippen molar-refractivity contribution in [2.75, 3.05) is 0 Å². The first-order valence-electron chi connectivity index (χ1n) is 3.15. The number of hydrogen-bond acceptors (Lipinski definition) is 2. The highest BCUT2D eigenvalue weighted by Gasteiger charge is 2.08. The minimum absolute atomic E-state index is 0.0985. The van der Waals surface area contributed by atoms with Gasteiger partial charge in [0, 0.05) is 5.54 Å². The summed E-state index contributed by atoms with van der Waals surface area (Å²) in [4.78, 5) is 10.6. The van der Waals surface area contributed by atoms with E-state index < -0.39 is 0 Å². The molecule has 0 unspecified atom stereocenters. The van der Waals surface area contributed by atoms with E-state index >= 15 is 0 Å². The van der Waals surface area contributed by atoms with Crippen LogP contribution in [0.25, 0.3) is 0 Å². The van der Waals surface area contributed by atoms with Crippen molar-refractivity contribution in [1.82, 2.24) is 10.9 Å². The smallest absolute Gasteiger partial charge is 0.257 e. The van der Waals surface area contributed by atoms with Crippen molar-refractivity contribution in [3.8, 4) is 0 Å². The standard InChI is InChI=1S/C7H14N2O/c1-5-6(10)8-9-7(2,3)4/h5,9H,1H2,2-4H3,(H,8,10). The highest BCUT2D eigenvalue weighted by atomic mass is 16.2. The van der Waals surface area contributed by atoms with Crippen LogP contribution in [-0.2, 0) is 4.79 Å². The Morgan fingerprint density at radius 2 is 2.00 bits per heavy atom. The second kappa shape index (κ2) is 3.37. The highest BCUT2D eigenvalue weighted by molar-refractivity contribution is 5.86. The van der Waals surface area contributed by atoms with Gasteiger partial charge in [-0.2, -0.15) is 0 Å². The molecule has 3 heteroatoms. The third-order valence-corrected chi connectivity index (χ3v) is 0.746. The molecule has 3 nitrogen and oxygen atoms in total. The SMILES string of the molecule is C=CC(=O)NNC(C)(C)C. The molecule has 0 aliphatic carbocycles. The van der Waals surface area contributed by atoms with Crippen molar-refractivity contribution in [3.05, 3.63) is 12.7 Å². The summed E-state index contributed by atoms with van der Waals surface area (Å²) in [5, 5.41) is 0. The van der Waals surface area contributed by atoms with Gasteiger partial charge >= 0.3 is 0 Å². The number of carbonyl (C=O) groups excluding carboxylic acids is 1. The second-order valence-corrected chi connectivity index (χ2v) is 3.07. The molecule has 0 aromatic heterocycles. The lowest BCUT2D eigenvalue weighted by Gasteiger charge is -2.19. The van der Waals surface area contributed by atoms with Gasteiger partial charge in [-0.3, -0.25) is 10.2 Å². The van der Waals surface area contributed by atoms with Gasteiger partial charge in [-0.05, 0) is 26.8 Å². The largest absolute Gasteiger partial charge is 0.287 e. The van der Waals surface area contributed by atoms with Crippen molar-refractivity contribution in [2.45, 2.75) is 26.3 Å². The molecule has 1 amide bonds. The van der Waals surface area contributed by atoms with Crippen LogP contribution in [0.1, 0.15) is 20.8 Å². The number of carbonyl (C=O) groups is 1. The number of hydrogen-bond donors (Lipinski definition) is 2. The summed E-state index contributed by atoms with van der Waals surface area (Å²) >= 11 is 0. The summed E-state index contributed by atoms with van der Waals surface area (Å²) in [6.45, 7) is 9.17. The molecule has 0 heterocycles. The Bertz CT molecular complexity index is 135. The molecule has 0 aromatic rings. The Balaban J connectivity index is 3.55. The lowest BCUT2D eigenvalue weighted by Crippen LogP contribution is -2.48. The summed E-state index contributed by atoms with van der Waals surface area (Å²) in [6.07, 6.45) is 1.22. The summed E-state index contributed by atoms with van der Waals surface area (Å²) in [5.74, 6) is -0.213. The second-order valence-electron chi connectivity index (χ2n) is 3.07. The van der Waals surface area contributed by atoms with E-state index in [0.717, 1.165) is 0 Å². The Labute approximate surface area is 61.5 Å². The Morgan fingerprint density at radius 3 is 2.30 bits per heavy atom. The van der Waals surface area contributed by atoms with Crippen LogP contribution in [-0.4, -0.2) is 11.4 Å². The normalized spacial score (nSPS) is 10.7. The Hall–Kier alpha value is -0.830. The fraction of sp³-hybridized carbons (Fsp3) is 0.571. The Morgan fingerprint density at radius 1 is 1.50 bits per heavy atom. The number of amides is 1. The van der Waals surface area contributed by atoms with E-state index in [4.69, 9.17) is 0 Å². The van der Waals surface area contributed by atoms with Crippen LogP contribution in [0.4, 0.5) is 0 Å². The van der Waals surface area contributed by atoms with Gasteiger partial charge in [0.2, 0.25) is 0 Å². The molecular formula is C7H14N2O. The van der Waals surface area contributed by atoms with E-state index in [-0.39, 0.29) is 11.4 Å². The third-order valence-electron chi connectivity index (χ3n) is 0.746. The van der Waals surface area contributed by atoms with Crippen molar-refractivity contribution in [2.24, 2.45) is 0 Å². The van der Waals surface area contributed by atoms with Gasteiger partial charge in [0.15, 0.2) is 0 Å². The van der Waals surface area contributed by atoms with Gasteiger partial charge in [-0.15, -0.1) is 0 Å². The van der Waals surface area contributed by atoms with Crippen molar-refractivity contribution in [1.29, 1.82) is 0 Å². The minimum Gasteiger partial charge on any atom is -0.287 e. The van der Waals surface area contributed by atoms with Crippen LogP contribution in [0.5, 0.6) is 0 Å². The van der Waals surface area contributed by atoms with E-state index in [0.29, 0.717) is 0 Å².